The Hall–Kier alpha value is -1.48. The van der Waals surface area contributed by atoms with Crippen molar-refractivity contribution in [2.45, 2.75) is 12.8 Å². The van der Waals surface area contributed by atoms with E-state index in [9.17, 15) is 9.59 Å². The molecule has 0 radical (unpaired) electrons. The Balaban J connectivity index is 3.99. The first-order chi connectivity index (χ1) is 9.53. The number of rotatable bonds is 10. The van der Waals surface area contributed by atoms with Gasteiger partial charge in [0, 0.05) is 33.5 Å². The number of hydrogen-bond donors (Lipinski definition) is 0. The van der Waals surface area contributed by atoms with Gasteiger partial charge in [-0.3, -0.25) is 0 Å². The normalized spacial score (nSPS) is 11.3. The molecule has 0 N–H and O–H groups in total. The fourth-order valence-corrected chi connectivity index (χ4v) is 2.21. The molecular weight excluding hydrogens is 284 g/mol. The van der Waals surface area contributed by atoms with Crippen LogP contribution in [-0.4, -0.2) is 48.9 Å². The minimum absolute atomic E-state index is 0.261. The largest absolute Gasteiger partial charge is 0.751 e. The van der Waals surface area contributed by atoms with Crippen LogP contribution in [0.3, 0.4) is 0 Å². The van der Waals surface area contributed by atoms with Gasteiger partial charge in [-0.1, -0.05) is 12.7 Å². The van der Waals surface area contributed by atoms with Gasteiger partial charge in [-0.2, -0.15) is 0 Å². The van der Waals surface area contributed by atoms with Crippen molar-refractivity contribution in [3.05, 3.63) is 24.8 Å². The molecule has 0 aliphatic heterocycles. The molecule has 0 atom stereocenters. The Morgan fingerprint density at radius 2 is 1.70 bits per heavy atom. The molecule has 0 aliphatic rings. The van der Waals surface area contributed by atoms with Gasteiger partial charge in [-0.05, 0) is 12.8 Å². The molecule has 0 amide bonds. The van der Waals surface area contributed by atoms with Crippen molar-refractivity contribution in [2.75, 3.05) is 27.9 Å². The number of carbonyl (C=O) groups excluding carboxylic acids is 2. The first kappa shape index (κ1) is 18.5. The SMILES string of the molecule is C=CC(=O)OCCCC=CC(=O)O[Si](OC)(OC)OC. The predicted octanol–water partition coefficient (Wildman–Crippen LogP) is 0.970. The van der Waals surface area contributed by atoms with Crippen molar-refractivity contribution >= 4 is 21.0 Å². The summed E-state index contributed by atoms with van der Waals surface area (Å²) in [6, 6.07) is 0. The fraction of sp³-hybridized carbons (Fsp3) is 0.500. The number of esters is 1. The molecule has 0 bridgehead atoms. The molecule has 0 saturated heterocycles. The highest BCUT2D eigenvalue weighted by molar-refractivity contribution is 6.55. The van der Waals surface area contributed by atoms with Crippen LogP contribution in [0.1, 0.15) is 12.8 Å². The van der Waals surface area contributed by atoms with E-state index in [1.807, 2.05) is 0 Å². The molecule has 8 heteroatoms. The fourth-order valence-electron chi connectivity index (χ4n) is 1.14. The third-order valence-corrected chi connectivity index (χ3v) is 4.11. The average molecular weight is 304 g/mol. The van der Waals surface area contributed by atoms with Crippen LogP contribution in [0.4, 0.5) is 0 Å². The third kappa shape index (κ3) is 7.19. The standard InChI is InChI=1S/C12H20O7Si/c1-5-11(13)18-10-8-6-7-9-12(14)19-20(15-2,16-3)17-4/h5,7,9H,1,6,8,10H2,2-4H3. The molecule has 0 saturated carbocycles. The third-order valence-electron chi connectivity index (χ3n) is 2.16. The molecule has 0 spiro atoms. The van der Waals surface area contributed by atoms with Crippen LogP contribution in [0.2, 0.25) is 0 Å². The van der Waals surface area contributed by atoms with Gasteiger partial charge in [0.15, 0.2) is 0 Å². The van der Waals surface area contributed by atoms with Crippen molar-refractivity contribution < 1.29 is 32.0 Å². The molecule has 114 valence electrons. The smallest absolute Gasteiger partial charge is 0.463 e. The molecule has 0 heterocycles. The lowest BCUT2D eigenvalue weighted by Gasteiger charge is -2.21. The van der Waals surface area contributed by atoms with Gasteiger partial charge >= 0.3 is 21.0 Å². The second kappa shape index (κ2) is 10.3. The first-order valence-electron chi connectivity index (χ1n) is 5.87. The van der Waals surface area contributed by atoms with E-state index >= 15 is 0 Å². The number of carbonyl (C=O) groups is 2. The lowest BCUT2D eigenvalue weighted by Crippen LogP contribution is -2.47. The summed E-state index contributed by atoms with van der Waals surface area (Å²) < 4.78 is 24.6. The molecule has 0 aliphatic carbocycles. The van der Waals surface area contributed by atoms with Crippen LogP contribution >= 0.6 is 0 Å². The molecule has 0 aromatic rings. The van der Waals surface area contributed by atoms with Gasteiger partial charge in [-0.15, -0.1) is 0 Å². The zero-order valence-electron chi connectivity index (χ0n) is 11.9. The van der Waals surface area contributed by atoms with Gasteiger partial charge in [0.2, 0.25) is 0 Å². The summed E-state index contributed by atoms with van der Waals surface area (Å²) in [4.78, 5) is 22.2. The maximum Gasteiger partial charge on any atom is 0.751 e. The second-order valence-corrected chi connectivity index (χ2v) is 5.88. The maximum absolute atomic E-state index is 11.5. The zero-order chi connectivity index (χ0) is 15.4. The second-order valence-electron chi connectivity index (χ2n) is 3.45. The molecule has 0 aromatic carbocycles. The van der Waals surface area contributed by atoms with Gasteiger partial charge in [0.05, 0.1) is 6.61 Å². The Bertz CT molecular complexity index is 341. The van der Waals surface area contributed by atoms with Crippen molar-refractivity contribution in [1.82, 2.24) is 0 Å². The van der Waals surface area contributed by atoms with Crippen LogP contribution < -0.4 is 0 Å². The number of ether oxygens (including phenoxy) is 1. The molecule has 0 unspecified atom stereocenters. The summed E-state index contributed by atoms with van der Waals surface area (Å²) in [6.45, 7) is 3.54. The summed E-state index contributed by atoms with van der Waals surface area (Å²) in [6.07, 6.45) is 5.09. The molecular formula is C12H20O7Si. The zero-order valence-corrected chi connectivity index (χ0v) is 12.9. The summed E-state index contributed by atoms with van der Waals surface area (Å²) in [5.74, 6) is -1.09. The number of allylic oxidation sites excluding steroid dienone is 1. The maximum atomic E-state index is 11.5. The van der Waals surface area contributed by atoms with E-state index in [-0.39, 0.29) is 6.61 Å². The first-order valence-corrected chi connectivity index (χ1v) is 7.51. The minimum Gasteiger partial charge on any atom is -0.463 e. The average Bonchev–Trinajstić information content (AvgIpc) is 2.48. The molecule has 20 heavy (non-hydrogen) atoms. The Morgan fingerprint density at radius 1 is 1.10 bits per heavy atom. The lowest BCUT2D eigenvalue weighted by molar-refractivity contribution is -0.138. The van der Waals surface area contributed by atoms with E-state index in [1.165, 1.54) is 27.4 Å². The summed E-state index contributed by atoms with van der Waals surface area (Å²) >= 11 is 0. The number of unbranched alkanes of at least 4 members (excludes halogenated alkanes) is 1. The van der Waals surface area contributed by atoms with Crippen molar-refractivity contribution in [3.8, 4) is 0 Å². The Labute approximate surface area is 119 Å². The van der Waals surface area contributed by atoms with E-state index in [4.69, 9.17) is 22.4 Å². The van der Waals surface area contributed by atoms with E-state index in [1.54, 1.807) is 6.08 Å². The summed E-state index contributed by atoms with van der Waals surface area (Å²) in [5.41, 5.74) is 0. The van der Waals surface area contributed by atoms with E-state index in [0.29, 0.717) is 12.8 Å². The van der Waals surface area contributed by atoms with E-state index in [0.717, 1.165) is 6.08 Å². The number of hydrogen-bond acceptors (Lipinski definition) is 7. The minimum atomic E-state index is -3.36. The Morgan fingerprint density at radius 3 is 2.20 bits per heavy atom. The van der Waals surface area contributed by atoms with Crippen molar-refractivity contribution in [1.29, 1.82) is 0 Å². The summed E-state index contributed by atoms with van der Waals surface area (Å²) in [7, 11) is 0.656. The predicted molar refractivity (Wildman–Crippen MR) is 72.4 cm³/mol. The molecule has 0 rings (SSSR count). The van der Waals surface area contributed by atoms with Crippen LogP contribution in [0.25, 0.3) is 0 Å². The van der Waals surface area contributed by atoms with Gasteiger partial charge in [0.1, 0.15) is 0 Å². The van der Waals surface area contributed by atoms with E-state index in [2.05, 4.69) is 6.58 Å². The molecule has 0 aromatic heterocycles. The summed E-state index contributed by atoms with van der Waals surface area (Å²) in [5, 5.41) is 0. The monoisotopic (exact) mass is 304 g/mol. The van der Waals surface area contributed by atoms with Crippen LogP contribution in [-0.2, 0) is 32.0 Å². The van der Waals surface area contributed by atoms with Gasteiger partial charge in [-0.25, -0.2) is 9.59 Å². The Kier molecular flexibility index (Phi) is 9.56. The lowest BCUT2D eigenvalue weighted by atomic mass is 10.3. The van der Waals surface area contributed by atoms with Gasteiger partial charge in [0.25, 0.3) is 0 Å². The van der Waals surface area contributed by atoms with Crippen molar-refractivity contribution in [2.24, 2.45) is 0 Å². The molecule has 7 nitrogen and oxygen atoms in total. The highest BCUT2D eigenvalue weighted by Crippen LogP contribution is 2.08. The van der Waals surface area contributed by atoms with Crippen LogP contribution in [0, 0.1) is 0 Å². The highest BCUT2D eigenvalue weighted by atomic mass is 28.4. The van der Waals surface area contributed by atoms with E-state index < -0.39 is 21.0 Å². The van der Waals surface area contributed by atoms with Gasteiger partial charge < -0.3 is 22.4 Å². The van der Waals surface area contributed by atoms with Crippen LogP contribution in [0.15, 0.2) is 24.8 Å². The molecule has 0 fully saturated rings. The quantitative estimate of drug-likeness (QED) is 0.257. The van der Waals surface area contributed by atoms with Crippen molar-refractivity contribution in [3.63, 3.8) is 0 Å². The highest BCUT2D eigenvalue weighted by Gasteiger charge is 2.46. The van der Waals surface area contributed by atoms with Crippen LogP contribution in [0.5, 0.6) is 0 Å². The topological polar surface area (TPSA) is 80.3 Å².